The van der Waals surface area contributed by atoms with Gasteiger partial charge < -0.3 is 5.11 Å². The Morgan fingerprint density at radius 2 is 1.68 bits per heavy atom. The fourth-order valence-corrected chi connectivity index (χ4v) is 4.43. The first kappa shape index (κ1) is 13.3. The van der Waals surface area contributed by atoms with Gasteiger partial charge in [0.15, 0.2) is 0 Å². The molecule has 1 aromatic heterocycles. The van der Waals surface area contributed by atoms with Gasteiger partial charge in [-0.05, 0) is 40.6 Å². The first-order valence-electron chi connectivity index (χ1n) is 5.75. The molecule has 0 aliphatic heterocycles. The van der Waals surface area contributed by atoms with Crippen LogP contribution in [0.15, 0.2) is 56.8 Å². The average molecular weight is 398 g/mol. The first-order valence-corrected chi connectivity index (χ1v) is 8.22. The summed E-state index contributed by atoms with van der Waals surface area (Å²) in [4.78, 5) is 0. The highest BCUT2D eigenvalue weighted by molar-refractivity contribution is 9.11. The minimum absolute atomic E-state index is 0.607. The van der Waals surface area contributed by atoms with Crippen LogP contribution in [0.25, 0.3) is 10.1 Å². The van der Waals surface area contributed by atoms with E-state index < -0.39 is 6.10 Å². The molecule has 0 saturated carbocycles. The molecule has 0 spiro atoms. The van der Waals surface area contributed by atoms with Gasteiger partial charge in [-0.25, -0.2) is 0 Å². The zero-order chi connectivity index (χ0) is 13.4. The SMILES string of the molecule is OC(c1cc(Br)cc(Br)c1)c1csc2ccccc12. The van der Waals surface area contributed by atoms with E-state index in [0.717, 1.165) is 25.5 Å². The van der Waals surface area contributed by atoms with Crippen molar-refractivity contribution in [3.8, 4) is 0 Å². The molecule has 0 aliphatic rings. The third-order valence-electron chi connectivity index (χ3n) is 3.01. The molecule has 0 amide bonds. The fraction of sp³-hybridized carbons (Fsp3) is 0.0667. The third kappa shape index (κ3) is 2.63. The Morgan fingerprint density at radius 1 is 1.00 bits per heavy atom. The molecule has 0 aliphatic carbocycles. The third-order valence-corrected chi connectivity index (χ3v) is 4.90. The van der Waals surface area contributed by atoms with E-state index >= 15 is 0 Å². The summed E-state index contributed by atoms with van der Waals surface area (Å²) in [6.07, 6.45) is -0.607. The van der Waals surface area contributed by atoms with Gasteiger partial charge in [-0.2, -0.15) is 0 Å². The number of aliphatic hydroxyl groups is 1. The van der Waals surface area contributed by atoms with Crippen LogP contribution in [-0.4, -0.2) is 5.11 Å². The second kappa shape index (κ2) is 5.37. The van der Waals surface area contributed by atoms with Gasteiger partial charge in [0.2, 0.25) is 0 Å². The summed E-state index contributed by atoms with van der Waals surface area (Å²) in [6, 6.07) is 14.0. The number of hydrogen-bond donors (Lipinski definition) is 1. The Bertz CT molecular complexity index is 716. The predicted molar refractivity (Wildman–Crippen MR) is 87.7 cm³/mol. The van der Waals surface area contributed by atoms with Gasteiger partial charge in [-0.3, -0.25) is 0 Å². The van der Waals surface area contributed by atoms with Crippen molar-refractivity contribution in [3.05, 3.63) is 67.9 Å². The van der Waals surface area contributed by atoms with Crippen molar-refractivity contribution >= 4 is 53.3 Å². The Morgan fingerprint density at radius 3 is 2.42 bits per heavy atom. The molecule has 1 heterocycles. The molecule has 0 bridgehead atoms. The van der Waals surface area contributed by atoms with Crippen molar-refractivity contribution in [2.75, 3.05) is 0 Å². The molecule has 3 rings (SSSR count). The van der Waals surface area contributed by atoms with E-state index in [4.69, 9.17) is 0 Å². The van der Waals surface area contributed by atoms with Crippen LogP contribution < -0.4 is 0 Å². The van der Waals surface area contributed by atoms with Gasteiger partial charge in [0.25, 0.3) is 0 Å². The van der Waals surface area contributed by atoms with E-state index in [2.05, 4.69) is 44.0 Å². The topological polar surface area (TPSA) is 20.2 Å². The van der Waals surface area contributed by atoms with Gasteiger partial charge in [0.05, 0.1) is 0 Å². The normalized spacial score (nSPS) is 12.8. The van der Waals surface area contributed by atoms with Crippen molar-refractivity contribution in [1.82, 2.24) is 0 Å². The van der Waals surface area contributed by atoms with Crippen LogP contribution >= 0.6 is 43.2 Å². The van der Waals surface area contributed by atoms with E-state index in [-0.39, 0.29) is 0 Å². The van der Waals surface area contributed by atoms with Crippen molar-refractivity contribution in [3.63, 3.8) is 0 Å². The largest absolute Gasteiger partial charge is 0.384 e. The number of thiophene rings is 1. The molecule has 0 saturated heterocycles. The molecule has 2 aromatic carbocycles. The van der Waals surface area contributed by atoms with Crippen molar-refractivity contribution in [2.45, 2.75) is 6.10 Å². The van der Waals surface area contributed by atoms with Gasteiger partial charge in [0.1, 0.15) is 6.10 Å². The molecule has 4 heteroatoms. The quantitative estimate of drug-likeness (QED) is 0.604. The summed E-state index contributed by atoms with van der Waals surface area (Å²) in [5, 5.41) is 13.7. The standard InChI is InChI=1S/C15H10Br2OS/c16-10-5-9(6-11(17)7-10)15(18)13-8-19-14-4-2-1-3-12(13)14/h1-8,15,18H. The van der Waals surface area contributed by atoms with Gasteiger partial charge >= 0.3 is 0 Å². The van der Waals surface area contributed by atoms with Gasteiger partial charge in [0, 0.05) is 19.2 Å². The molecule has 1 atom stereocenters. The molecular weight excluding hydrogens is 388 g/mol. The maximum atomic E-state index is 10.6. The van der Waals surface area contributed by atoms with E-state index in [1.54, 1.807) is 11.3 Å². The van der Waals surface area contributed by atoms with E-state index in [9.17, 15) is 5.11 Å². The number of hydrogen-bond acceptors (Lipinski definition) is 2. The second-order valence-corrected chi connectivity index (χ2v) is 7.04. The predicted octanol–water partition coefficient (Wildman–Crippen LogP) is 5.51. The maximum absolute atomic E-state index is 10.6. The first-order chi connectivity index (χ1) is 9.15. The Labute approximate surface area is 132 Å². The lowest BCUT2D eigenvalue weighted by atomic mass is 10.0. The lowest BCUT2D eigenvalue weighted by Gasteiger charge is -2.11. The highest BCUT2D eigenvalue weighted by Gasteiger charge is 2.15. The van der Waals surface area contributed by atoms with Crippen LogP contribution in [0, 0.1) is 0 Å². The smallest absolute Gasteiger partial charge is 0.106 e. The summed E-state index contributed by atoms with van der Waals surface area (Å²) < 4.78 is 3.11. The number of halogens is 2. The molecule has 0 fully saturated rings. The second-order valence-electron chi connectivity index (χ2n) is 4.29. The molecule has 3 aromatic rings. The van der Waals surface area contributed by atoms with Crippen LogP contribution in [0.3, 0.4) is 0 Å². The zero-order valence-corrected chi connectivity index (χ0v) is 13.8. The zero-order valence-electron chi connectivity index (χ0n) is 9.81. The van der Waals surface area contributed by atoms with Crippen LogP contribution in [-0.2, 0) is 0 Å². The van der Waals surface area contributed by atoms with Crippen molar-refractivity contribution < 1.29 is 5.11 Å². The lowest BCUT2D eigenvalue weighted by molar-refractivity contribution is 0.222. The molecule has 96 valence electrons. The Kier molecular flexibility index (Phi) is 3.76. The maximum Gasteiger partial charge on any atom is 0.106 e. The summed E-state index contributed by atoms with van der Waals surface area (Å²) in [6.45, 7) is 0. The molecule has 19 heavy (non-hydrogen) atoms. The molecule has 1 N–H and O–H groups in total. The van der Waals surface area contributed by atoms with Crippen LogP contribution in [0.4, 0.5) is 0 Å². The molecule has 0 radical (unpaired) electrons. The minimum atomic E-state index is -0.607. The lowest BCUT2D eigenvalue weighted by Crippen LogP contribution is -1.98. The number of benzene rings is 2. The number of rotatable bonds is 2. The highest BCUT2D eigenvalue weighted by atomic mass is 79.9. The van der Waals surface area contributed by atoms with Crippen molar-refractivity contribution in [2.24, 2.45) is 0 Å². The summed E-state index contributed by atoms with van der Waals surface area (Å²) >= 11 is 8.57. The molecule has 1 nitrogen and oxygen atoms in total. The van der Waals surface area contributed by atoms with Gasteiger partial charge in [-0.15, -0.1) is 11.3 Å². The fourth-order valence-electron chi connectivity index (χ4n) is 2.12. The van der Waals surface area contributed by atoms with Crippen LogP contribution in [0.1, 0.15) is 17.2 Å². The molecular formula is C15H10Br2OS. The highest BCUT2D eigenvalue weighted by Crippen LogP contribution is 2.35. The monoisotopic (exact) mass is 396 g/mol. The Hall–Kier alpha value is -0.680. The van der Waals surface area contributed by atoms with E-state index in [0.29, 0.717) is 0 Å². The van der Waals surface area contributed by atoms with Gasteiger partial charge in [-0.1, -0.05) is 50.1 Å². The van der Waals surface area contributed by atoms with Crippen LogP contribution in [0.2, 0.25) is 0 Å². The Balaban J connectivity index is 2.10. The van der Waals surface area contributed by atoms with E-state index in [1.165, 1.54) is 4.70 Å². The number of aliphatic hydroxyl groups excluding tert-OH is 1. The summed E-state index contributed by atoms with van der Waals surface area (Å²) in [5.41, 5.74) is 1.84. The van der Waals surface area contributed by atoms with Crippen molar-refractivity contribution in [1.29, 1.82) is 0 Å². The van der Waals surface area contributed by atoms with E-state index in [1.807, 2.05) is 35.7 Å². The molecule has 1 unspecified atom stereocenters. The minimum Gasteiger partial charge on any atom is -0.384 e. The average Bonchev–Trinajstić information content (AvgIpc) is 2.80. The summed E-state index contributed by atoms with van der Waals surface area (Å²) in [7, 11) is 0. The number of fused-ring (bicyclic) bond motifs is 1. The summed E-state index contributed by atoms with van der Waals surface area (Å²) in [5.74, 6) is 0. The van der Waals surface area contributed by atoms with Crippen LogP contribution in [0.5, 0.6) is 0 Å².